The molecule has 3 rings (SSSR count). The van der Waals surface area contributed by atoms with Gasteiger partial charge in [-0.25, -0.2) is 13.2 Å². The van der Waals surface area contributed by atoms with E-state index in [9.17, 15) is 18.0 Å². The molecule has 0 aliphatic carbocycles. The second-order valence-corrected chi connectivity index (χ2v) is 8.71. The van der Waals surface area contributed by atoms with Gasteiger partial charge in [0, 0.05) is 22.1 Å². The first-order chi connectivity index (χ1) is 14.3. The number of benzene rings is 3. The Morgan fingerprint density at radius 2 is 1.30 bits per heavy atom. The number of halogens is 1. The van der Waals surface area contributed by atoms with Crippen LogP contribution in [0.2, 0.25) is 5.02 Å². The van der Waals surface area contributed by atoms with Crippen LogP contribution in [0.5, 0.6) is 0 Å². The highest BCUT2D eigenvalue weighted by Crippen LogP contribution is 2.18. The number of amides is 3. The molecular formula is C21H18ClN3O4S. The molecule has 0 bridgehead atoms. The number of sulfone groups is 1. The van der Waals surface area contributed by atoms with E-state index in [0.717, 1.165) is 0 Å². The zero-order valence-electron chi connectivity index (χ0n) is 15.6. The zero-order chi connectivity index (χ0) is 21.6. The molecule has 3 amide bonds. The molecule has 3 N–H and O–H groups in total. The molecule has 0 fully saturated rings. The van der Waals surface area contributed by atoms with Gasteiger partial charge in [-0.15, -0.1) is 0 Å². The Balaban J connectivity index is 1.61. The number of hydrogen-bond donors (Lipinski definition) is 3. The minimum absolute atomic E-state index is 0.00931. The Morgan fingerprint density at radius 3 is 1.97 bits per heavy atom. The lowest BCUT2D eigenvalue weighted by molar-refractivity contribution is -0.113. The van der Waals surface area contributed by atoms with Gasteiger partial charge >= 0.3 is 6.03 Å². The summed E-state index contributed by atoms with van der Waals surface area (Å²) in [5.74, 6) is -1.42. The zero-order valence-corrected chi connectivity index (χ0v) is 17.2. The van der Waals surface area contributed by atoms with Gasteiger partial charge < -0.3 is 16.0 Å². The Morgan fingerprint density at radius 1 is 0.733 bits per heavy atom. The van der Waals surface area contributed by atoms with Crippen molar-refractivity contribution >= 4 is 50.4 Å². The van der Waals surface area contributed by atoms with Gasteiger partial charge in [0.05, 0.1) is 4.90 Å². The van der Waals surface area contributed by atoms with Crippen LogP contribution in [-0.2, 0) is 14.6 Å². The Labute approximate surface area is 179 Å². The van der Waals surface area contributed by atoms with Crippen molar-refractivity contribution in [1.29, 1.82) is 0 Å². The highest BCUT2D eigenvalue weighted by Gasteiger charge is 2.19. The number of anilines is 3. The third kappa shape index (κ3) is 6.07. The number of urea groups is 1. The summed E-state index contributed by atoms with van der Waals surface area (Å²) in [5, 5.41) is 8.26. The maximum Gasteiger partial charge on any atom is 0.323 e. The van der Waals surface area contributed by atoms with Gasteiger partial charge in [-0.2, -0.15) is 0 Å². The summed E-state index contributed by atoms with van der Waals surface area (Å²) in [5.41, 5.74) is 1.41. The molecular weight excluding hydrogens is 426 g/mol. The smallest absolute Gasteiger partial charge is 0.323 e. The maximum absolute atomic E-state index is 12.4. The quantitative estimate of drug-likeness (QED) is 0.525. The topological polar surface area (TPSA) is 104 Å². The van der Waals surface area contributed by atoms with E-state index in [-0.39, 0.29) is 4.90 Å². The molecule has 0 heterocycles. The standard InChI is InChI=1S/C21H18ClN3O4S/c22-15-9-11-19(12-10-15)30(28,29)14-20(26)23-17-7-4-8-18(13-17)25-21(27)24-16-5-2-1-3-6-16/h1-13H,14H2,(H,23,26)(H2,24,25,27). The fraction of sp³-hybridized carbons (Fsp3) is 0.0476. The Bertz CT molecular complexity index is 1150. The summed E-state index contributed by atoms with van der Waals surface area (Å²) in [4.78, 5) is 24.3. The van der Waals surface area contributed by atoms with Crippen LogP contribution in [0.3, 0.4) is 0 Å². The van der Waals surface area contributed by atoms with Crippen LogP contribution in [0.4, 0.5) is 21.9 Å². The van der Waals surface area contributed by atoms with Crippen molar-refractivity contribution in [2.24, 2.45) is 0 Å². The van der Waals surface area contributed by atoms with E-state index in [4.69, 9.17) is 11.6 Å². The molecule has 154 valence electrons. The number of nitrogens with one attached hydrogen (secondary N) is 3. The van der Waals surface area contributed by atoms with Gasteiger partial charge in [0.15, 0.2) is 9.84 Å². The molecule has 3 aromatic carbocycles. The van der Waals surface area contributed by atoms with Crippen LogP contribution in [0.15, 0.2) is 83.8 Å². The van der Waals surface area contributed by atoms with Crippen molar-refractivity contribution in [2.45, 2.75) is 4.90 Å². The molecule has 0 radical (unpaired) electrons. The van der Waals surface area contributed by atoms with Gasteiger partial charge in [0.25, 0.3) is 0 Å². The fourth-order valence-corrected chi connectivity index (χ4v) is 3.85. The normalized spacial score (nSPS) is 10.8. The molecule has 0 aromatic heterocycles. The van der Waals surface area contributed by atoms with Crippen LogP contribution in [0.25, 0.3) is 0 Å². The average molecular weight is 444 g/mol. The van der Waals surface area contributed by atoms with E-state index < -0.39 is 27.5 Å². The number of hydrogen-bond acceptors (Lipinski definition) is 4. The second-order valence-electron chi connectivity index (χ2n) is 6.29. The predicted molar refractivity (Wildman–Crippen MR) is 118 cm³/mol. The minimum atomic E-state index is -3.81. The second kappa shape index (κ2) is 9.43. The van der Waals surface area contributed by atoms with Crippen molar-refractivity contribution in [1.82, 2.24) is 0 Å². The Kier molecular flexibility index (Phi) is 6.71. The monoisotopic (exact) mass is 443 g/mol. The average Bonchev–Trinajstić information content (AvgIpc) is 2.68. The van der Waals surface area contributed by atoms with Crippen LogP contribution >= 0.6 is 11.6 Å². The summed E-state index contributed by atoms with van der Waals surface area (Å²) >= 11 is 5.76. The van der Waals surface area contributed by atoms with Crippen molar-refractivity contribution in [3.63, 3.8) is 0 Å². The Hall–Kier alpha value is -3.36. The first-order valence-corrected chi connectivity index (χ1v) is 10.9. The number of rotatable bonds is 6. The van der Waals surface area contributed by atoms with Crippen LogP contribution in [0, 0.1) is 0 Å². The predicted octanol–water partition coefficient (Wildman–Crippen LogP) is 4.40. The third-order valence-electron chi connectivity index (χ3n) is 3.93. The van der Waals surface area contributed by atoms with Crippen molar-refractivity contribution in [3.8, 4) is 0 Å². The highest BCUT2D eigenvalue weighted by atomic mass is 35.5. The van der Waals surface area contributed by atoms with Crippen molar-refractivity contribution in [2.75, 3.05) is 21.7 Å². The van der Waals surface area contributed by atoms with E-state index >= 15 is 0 Å². The molecule has 0 aliphatic rings. The van der Waals surface area contributed by atoms with Crippen LogP contribution in [-0.4, -0.2) is 26.1 Å². The third-order valence-corrected chi connectivity index (χ3v) is 5.81. The van der Waals surface area contributed by atoms with Crippen LogP contribution in [0.1, 0.15) is 0 Å². The lowest BCUT2D eigenvalue weighted by Gasteiger charge is -2.10. The first kappa shape index (κ1) is 21.4. The molecule has 7 nitrogen and oxygen atoms in total. The first-order valence-electron chi connectivity index (χ1n) is 8.83. The molecule has 0 aliphatic heterocycles. The lowest BCUT2D eigenvalue weighted by Crippen LogP contribution is -2.23. The van der Waals surface area contributed by atoms with Crippen molar-refractivity contribution < 1.29 is 18.0 Å². The van der Waals surface area contributed by atoms with E-state index in [1.807, 2.05) is 6.07 Å². The largest absolute Gasteiger partial charge is 0.325 e. The number of carbonyl (C=O) groups is 2. The minimum Gasteiger partial charge on any atom is -0.325 e. The van der Waals surface area contributed by atoms with Crippen LogP contribution < -0.4 is 16.0 Å². The van der Waals surface area contributed by atoms with Gasteiger partial charge in [-0.1, -0.05) is 35.9 Å². The molecule has 9 heteroatoms. The molecule has 0 unspecified atom stereocenters. The molecule has 0 atom stereocenters. The summed E-state index contributed by atoms with van der Waals surface area (Å²) in [6.45, 7) is 0. The van der Waals surface area contributed by atoms with E-state index in [1.54, 1.807) is 42.5 Å². The summed E-state index contributed by atoms with van der Waals surface area (Å²) in [7, 11) is -3.81. The fourth-order valence-electron chi connectivity index (χ4n) is 2.58. The van der Waals surface area contributed by atoms with E-state index in [1.165, 1.54) is 30.3 Å². The molecule has 30 heavy (non-hydrogen) atoms. The maximum atomic E-state index is 12.4. The molecule has 0 saturated carbocycles. The van der Waals surface area contributed by atoms with Gasteiger partial charge in [0.1, 0.15) is 5.75 Å². The van der Waals surface area contributed by atoms with Gasteiger partial charge in [-0.05, 0) is 54.6 Å². The SMILES string of the molecule is O=C(CS(=O)(=O)c1ccc(Cl)cc1)Nc1cccc(NC(=O)Nc2ccccc2)c1. The molecule has 3 aromatic rings. The van der Waals surface area contributed by atoms with E-state index in [2.05, 4.69) is 16.0 Å². The van der Waals surface area contributed by atoms with Gasteiger partial charge in [0.2, 0.25) is 5.91 Å². The van der Waals surface area contributed by atoms with Gasteiger partial charge in [-0.3, -0.25) is 4.79 Å². The lowest BCUT2D eigenvalue weighted by atomic mass is 10.2. The van der Waals surface area contributed by atoms with Crippen molar-refractivity contribution in [3.05, 3.63) is 83.9 Å². The number of para-hydroxylation sites is 1. The molecule has 0 saturated heterocycles. The summed E-state index contributed by atoms with van der Waals surface area (Å²) < 4.78 is 24.7. The summed E-state index contributed by atoms with van der Waals surface area (Å²) in [6, 6.07) is 20.4. The number of carbonyl (C=O) groups excluding carboxylic acids is 2. The van der Waals surface area contributed by atoms with E-state index in [0.29, 0.717) is 22.1 Å². The highest BCUT2D eigenvalue weighted by molar-refractivity contribution is 7.92. The molecule has 0 spiro atoms. The summed E-state index contributed by atoms with van der Waals surface area (Å²) in [6.07, 6.45) is 0.